The molecule has 0 atom stereocenters. The Hall–Kier alpha value is -2.21. The van der Waals surface area contributed by atoms with Crippen molar-refractivity contribution >= 4 is 22.3 Å². The highest BCUT2D eigenvalue weighted by atomic mass is 16.6. The van der Waals surface area contributed by atoms with Crippen LogP contribution in [-0.2, 0) is 0 Å². The van der Waals surface area contributed by atoms with Crippen LogP contribution >= 0.6 is 0 Å². The number of pyridine rings is 1. The Morgan fingerprint density at radius 2 is 2.11 bits per heavy atom. The first-order valence-corrected chi connectivity index (χ1v) is 6.00. The summed E-state index contributed by atoms with van der Waals surface area (Å²) < 4.78 is 0. The molecular weight excluding hydrogens is 244 g/mol. The molecule has 0 amide bonds. The van der Waals surface area contributed by atoms with E-state index >= 15 is 0 Å². The van der Waals surface area contributed by atoms with E-state index in [4.69, 9.17) is 0 Å². The van der Waals surface area contributed by atoms with Crippen LogP contribution in [0.2, 0.25) is 0 Å². The topological polar surface area (TPSA) is 71.3 Å². The first kappa shape index (κ1) is 13.2. The third kappa shape index (κ3) is 2.97. The second-order valence-corrected chi connectivity index (χ2v) is 4.52. The molecule has 0 aliphatic rings. The van der Waals surface area contributed by atoms with E-state index in [1.54, 1.807) is 0 Å². The van der Waals surface area contributed by atoms with Crippen molar-refractivity contribution in [3.63, 3.8) is 0 Å². The van der Waals surface area contributed by atoms with Gasteiger partial charge in [-0.15, -0.1) is 0 Å². The summed E-state index contributed by atoms with van der Waals surface area (Å²) in [5.74, 6) is 0. The Labute approximate surface area is 111 Å². The van der Waals surface area contributed by atoms with Crippen molar-refractivity contribution in [3.8, 4) is 0 Å². The smallest absolute Gasteiger partial charge is 0.311 e. The van der Waals surface area contributed by atoms with Crippen LogP contribution in [0.1, 0.15) is 0 Å². The predicted octanol–water partition coefficient (Wildman–Crippen LogP) is 2.12. The lowest BCUT2D eigenvalue weighted by molar-refractivity contribution is -0.384. The summed E-state index contributed by atoms with van der Waals surface area (Å²) in [4.78, 5) is 16.8. The minimum absolute atomic E-state index is 0.0115. The lowest BCUT2D eigenvalue weighted by Crippen LogP contribution is -2.21. The maximum absolute atomic E-state index is 11.1. The molecule has 1 aromatic heterocycles. The standard InChI is InChI=1S/C13H16N4O2/c1-16(2)8-7-14-13-10-5-3-4-6-11(10)15-9-12(13)17(18)19/h3-6,9H,7-8H2,1-2H3,(H,14,15). The predicted molar refractivity (Wildman–Crippen MR) is 75.4 cm³/mol. The van der Waals surface area contributed by atoms with Gasteiger partial charge in [-0.1, -0.05) is 18.2 Å². The average molecular weight is 260 g/mol. The lowest BCUT2D eigenvalue weighted by Gasteiger charge is -2.13. The zero-order valence-electron chi connectivity index (χ0n) is 11.0. The van der Waals surface area contributed by atoms with E-state index in [1.165, 1.54) is 6.20 Å². The number of para-hydroxylation sites is 1. The van der Waals surface area contributed by atoms with E-state index in [0.717, 1.165) is 17.4 Å². The van der Waals surface area contributed by atoms with Crippen LogP contribution in [0.4, 0.5) is 11.4 Å². The van der Waals surface area contributed by atoms with Gasteiger partial charge in [0.1, 0.15) is 11.9 Å². The number of nitrogens with one attached hydrogen (secondary N) is 1. The van der Waals surface area contributed by atoms with Gasteiger partial charge in [-0.25, -0.2) is 4.98 Å². The molecule has 0 bridgehead atoms. The fraction of sp³-hybridized carbons (Fsp3) is 0.308. The Morgan fingerprint density at radius 3 is 2.79 bits per heavy atom. The minimum Gasteiger partial charge on any atom is -0.378 e. The molecule has 1 aromatic carbocycles. The number of nitrogens with zero attached hydrogens (tertiary/aromatic N) is 3. The molecule has 0 saturated heterocycles. The fourth-order valence-electron chi connectivity index (χ4n) is 1.86. The molecule has 6 heteroatoms. The highest BCUT2D eigenvalue weighted by Crippen LogP contribution is 2.30. The van der Waals surface area contributed by atoms with E-state index in [0.29, 0.717) is 12.2 Å². The fourth-order valence-corrected chi connectivity index (χ4v) is 1.86. The highest BCUT2D eigenvalue weighted by molar-refractivity contribution is 5.95. The van der Waals surface area contributed by atoms with E-state index in [2.05, 4.69) is 10.3 Å². The highest BCUT2D eigenvalue weighted by Gasteiger charge is 2.17. The zero-order valence-corrected chi connectivity index (χ0v) is 11.0. The van der Waals surface area contributed by atoms with Crippen LogP contribution < -0.4 is 5.32 Å². The van der Waals surface area contributed by atoms with E-state index in [1.807, 2.05) is 43.3 Å². The summed E-state index contributed by atoms with van der Waals surface area (Å²) in [7, 11) is 3.92. The van der Waals surface area contributed by atoms with Gasteiger partial charge in [0.15, 0.2) is 0 Å². The molecular formula is C13H16N4O2. The Kier molecular flexibility index (Phi) is 3.91. The molecule has 100 valence electrons. The van der Waals surface area contributed by atoms with Crippen LogP contribution in [0, 0.1) is 10.1 Å². The lowest BCUT2D eigenvalue weighted by atomic mass is 10.1. The maximum Gasteiger partial charge on any atom is 0.311 e. The SMILES string of the molecule is CN(C)CCNc1c([N+](=O)[O-])cnc2ccccc12. The number of benzene rings is 1. The number of hydrogen-bond acceptors (Lipinski definition) is 5. The van der Waals surface area contributed by atoms with Gasteiger partial charge in [0, 0.05) is 18.5 Å². The number of anilines is 1. The summed E-state index contributed by atoms with van der Waals surface area (Å²) in [5, 5.41) is 15.0. The summed E-state index contributed by atoms with van der Waals surface area (Å²) >= 11 is 0. The second-order valence-electron chi connectivity index (χ2n) is 4.52. The third-order valence-corrected chi connectivity index (χ3v) is 2.81. The van der Waals surface area contributed by atoms with Gasteiger partial charge in [0.2, 0.25) is 0 Å². The molecule has 0 saturated carbocycles. The first-order chi connectivity index (χ1) is 9.09. The van der Waals surface area contributed by atoms with Gasteiger partial charge >= 0.3 is 5.69 Å². The molecule has 2 rings (SSSR count). The number of hydrogen-bond donors (Lipinski definition) is 1. The summed E-state index contributed by atoms with van der Waals surface area (Å²) in [6.07, 6.45) is 1.31. The average Bonchev–Trinajstić information content (AvgIpc) is 2.38. The first-order valence-electron chi connectivity index (χ1n) is 6.00. The molecule has 2 aromatic rings. The van der Waals surface area contributed by atoms with Crippen molar-refractivity contribution in [2.75, 3.05) is 32.5 Å². The summed E-state index contributed by atoms with van der Waals surface area (Å²) in [6, 6.07) is 7.40. The Balaban J connectivity index is 2.41. The number of aromatic nitrogens is 1. The van der Waals surface area contributed by atoms with Crippen LogP contribution in [-0.4, -0.2) is 42.0 Å². The van der Waals surface area contributed by atoms with Crippen molar-refractivity contribution in [2.45, 2.75) is 0 Å². The summed E-state index contributed by atoms with van der Waals surface area (Å²) in [5.41, 5.74) is 1.30. The van der Waals surface area contributed by atoms with E-state index in [9.17, 15) is 10.1 Å². The van der Waals surface area contributed by atoms with Crippen LogP contribution in [0.3, 0.4) is 0 Å². The minimum atomic E-state index is -0.405. The molecule has 0 spiro atoms. The normalized spacial score (nSPS) is 10.9. The molecule has 19 heavy (non-hydrogen) atoms. The summed E-state index contributed by atoms with van der Waals surface area (Å²) in [6.45, 7) is 1.44. The molecule has 1 heterocycles. The number of fused-ring (bicyclic) bond motifs is 1. The quantitative estimate of drug-likeness (QED) is 0.658. The Bertz CT molecular complexity index is 598. The van der Waals surface area contributed by atoms with Crippen molar-refractivity contribution < 1.29 is 4.92 Å². The van der Waals surface area contributed by atoms with Gasteiger partial charge in [0.05, 0.1) is 10.4 Å². The molecule has 1 N–H and O–H groups in total. The van der Waals surface area contributed by atoms with Gasteiger partial charge in [-0.3, -0.25) is 10.1 Å². The molecule has 0 fully saturated rings. The molecule has 0 aliphatic heterocycles. The van der Waals surface area contributed by atoms with Gasteiger partial charge in [0.25, 0.3) is 0 Å². The Morgan fingerprint density at radius 1 is 1.37 bits per heavy atom. The second kappa shape index (κ2) is 5.62. The van der Waals surface area contributed by atoms with Crippen LogP contribution in [0.25, 0.3) is 10.9 Å². The van der Waals surface area contributed by atoms with Crippen molar-refractivity contribution in [1.29, 1.82) is 0 Å². The molecule has 0 aliphatic carbocycles. The van der Waals surface area contributed by atoms with Crippen molar-refractivity contribution in [1.82, 2.24) is 9.88 Å². The molecule has 6 nitrogen and oxygen atoms in total. The third-order valence-electron chi connectivity index (χ3n) is 2.81. The van der Waals surface area contributed by atoms with E-state index in [-0.39, 0.29) is 5.69 Å². The van der Waals surface area contributed by atoms with Gasteiger partial charge in [-0.05, 0) is 20.2 Å². The van der Waals surface area contributed by atoms with Crippen molar-refractivity contribution in [3.05, 3.63) is 40.6 Å². The monoisotopic (exact) mass is 260 g/mol. The molecule has 0 unspecified atom stereocenters. The number of likely N-dealkylation sites (N-methyl/N-ethyl adjacent to an activating group) is 1. The maximum atomic E-state index is 11.1. The largest absolute Gasteiger partial charge is 0.378 e. The van der Waals surface area contributed by atoms with Gasteiger partial charge in [-0.2, -0.15) is 0 Å². The zero-order chi connectivity index (χ0) is 13.8. The number of nitro groups is 1. The van der Waals surface area contributed by atoms with Crippen molar-refractivity contribution in [2.24, 2.45) is 0 Å². The van der Waals surface area contributed by atoms with Crippen LogP contribution in [0.15, 0.2) is 30.5 Å². The van der Waals surface area contributed by atoms with E-state index < -0.39 is 4.92 Å². The number of rotatable bonds is 5. The van der Waals surface area contributed by atoms with Gasteiger partial charge < -0.3 is 10.2 Å². The van der Waals surface area contributed by atoms with Crippen LogP contribution in [0.5, 0.6) is 0 Å². The molecule has 0 radical (unpaired) electrons.